The topological polar surface area (TPSA) is 77.2 Å². The molecular weight excluding hydrogens is 230 g/mol. The Balaban J connectivity index is 0.00000128. The Kier molecular flexibility index (Phi) is 4.52. The second kappa shape index (κ2) is 5.67. The van der Waals surface area contributed by atoms with E-state index in [-0.39, 0.29) is 24.2 Å². The second-order valence-electron chi connectivity index (χ2n) is 3.52. The monoisotopic (exact) mass is 243 g/mol. The number of carbonyl (C=O) groups excluding carboxylic acids is 1. The van der Waals surface area contributed by atoms with E-state index in [1.807, 2.05) is 0 Å². The van der Waals surface area contributed by atoms with E-state index >= 15 is 0 Å². The number of hydrogen-bond donors (Lipinski definition) is 2. The van der Waals surface area contributed by atoms with Crippen LogP contribution in [0.2, 0.25) is 0 Å². The molecule has 2 rings (SSSR count). The van der Waals surface area contributed by atoms with Crippen molar-refractivity contribution in [2.45, 2.75) is 6.42 Å². The summed E-state index contributed by atoms with van der Waals surface area (Å²) in [5.41, 5.74) is 6.10. The normalized spacial score (nSPS) is 18.9. The Morgan fingerprint density at radius 2 is 2.38 bits per heavy atom. The van der Waals surface area contributed by atoms with E-state index in [2.05, 4.69) is 10.3 Å². The Morgan fingerprint density at radius 1 is 1.56 bits per heavy atom. The van der Waals surface area contributed by atoms with Gasteiger partial charge in [0.1, 0.15) is 5.82 Å². The SMILES string of the molecule is Cl.Nc1ccc(NC(=O)C2CCOC2)cn1. The van der Waals surface area contributed by atoms with Crippen molar-refractivity contribution in [1.29, 1.82) is 0 Å². The van der Waals surface area contributed by atoms with Gasteiger partial charge in [0.15, 0.2) is 0 Å². The number of nitrogens with one attached hydrogen (secondary N) is 1. The number of anilines is 2. The average molecular weight is 244 g/mol. The van der Waals surface area contributed by atoms with Gasteiger partial charge in [-0.25, -0.2) is 4.98 Å². The predicted octanol–water partition coefficient (Wildman–Crippen LogP) is 1.06. The maximum Gasteiger partial charge on any atom is 0.229 e. The predicted molar refractivity (Wildman–Crippen MR) is 63.5 cm³/mol. The van der Waals surface area contributed by atoms with Crippen molar-refractivity contribution < 1.29 is 9.53 Å². The molecule has 1 saturated heterocycles. The third-order valence-electron chi connectivity index (χ3n) is 2.35. The van der Waals surface area contributed by atoms with E-state index in [0.717, 1.165) is 6.42 Å². The molecule has 0 radical (unpaired) electrons. The molecule has 1 aromatic heterocycles. The van der Waals surface area contributed by atoms with Crippen LogP contribution in [0.15, 0.2) is 18.3 Å². The summed E-state index contributed by atoms with van der Waals surface area (Å²) in [4.78, 5) is 15.5. The summed E-state index contributed by atoms with van der Waals surface area (Å²) in [5.74, 6) is 0.388. The summed E-state index contributed by atoms with van der Waals surface area (Å²) < 4.78 is 5.14. The number of nitrogen functional groups attached to an aromatic ring is 1. The molecule has 6 heteroatoms. The van der Waals surface area contributed by atoms with Gasteiger partial charge in [-0.1, -0.05) is 0 Å². The Bertz CT molecular complexity index is 350. The first kappa shape index (κ1) is 12.7. The Hall–Kier alpha value is -1.33. The van der Waals surface area contributed by atoms with Crippen LogP contribution in [-0.2, 0) is 9.53 Å². The van der Waals surface area contributed by atoms with Gasteiger partial charge in [0.25, 0.3) is 0 Å². The van der Waals surface area contributed by atoms with Crippen LogP contribution in [0.25, 0.3) is 0 Å². The number of amides is 1. The highest BCUT2D eigenvalue weighted by molar-refractivity contribution is 5.92. The lowest BCUT2D eigenvalue weighted by atomic mass is 10.1. The van der Waals surface area contributed by atoms with Crippen molar-refractivity contribution in [3.05, 3.63) is 18.3 Å². The number of pyridine rings is 1. The van der Waals surface area contributed by atoms with Crippen LogP contribution < -0.4 is 11.1 Å². The molecule has 1 unspecified atom stereocenters. The van der Waals surface area contributed by atoms with Crippen molar-refractivity contribution in [2.75, 3.05) is 24.3 Å². The van der Waals surface area contributed by atoms with Crippen LogP contribution in [0.5, 0.6) is 0 Å². The number of ether oxygens (including phenoxy) is 1. The molecule has 1 aliphatic rings. The van der Waals surface area contributed by atoms with Gasteiger partial charge in [0, 0.05) is 6.61 Å². The number of carbonyl (C=O) groups is 1. The lowest BCUT2D eigenvalue weighted by molar-refractivity contribution is -0.119. The third-order valence-corrected chi connectivity index (χ3v) is 2.35. The molecular formula is C10H14ClN3O2. The summed E-state index contributed by atoms with van der Waals surface area (Å²) in [6.45, 7) is 1.17. The zero-order valence-electron chi connectivity index (χ0n) is 8.68. The van der Waals surface area contributed by atoms with Crippen LogP contribution in [0, 0.1) is 5.92 Å². The average Bonchev–Trinajstić information content (AvgIpc) is 2.74. The molecule has 0 bridgehead atoms. The summed E-state index contributed by atoms with van der Waals surface area (Å²) in [6.07, 6.45) is 2.33. The first-order valence-corrected chi connectivity index (χ1v) is 4.86. The standard InChI is InChI=1S/C10H13N3O2.ClH/c11-9-2-1-8(5-12-9)13-10(14)7-3-4-15-6-7;/h1-2,5,7H,3-4,6H2,(H2,11,12)(H,13,14);1H. The molecule has 3 N–H and O–H groups in total. The fraction of sp³-hybridized carbons (Fsp3) is 0.400. The highest BCUT2D eigenvalue weighted by Crippen LogP contribution is 2.15. The van der Waals surface area contributed by atoms with Gasteiger partial charge in [-0.2, -0.15) is 0 Å². The Morgan fingerprint density at radius 3 is 2.94 bits per heavy atom. The van der Waals surface area contributed by atoms with E-state index in [4.69, 9.17) is 10.5 Å². The van der Waals surface area contributed by atoms with Gasteiger partial charge in [0.2, 0.25) is 5.91 Å². The number of aromatic nitrogens is 1. The molecule has 2 heterocycles. The highest BCUT2D eigenvalue weighted by atomic mass is 35.5. The summed E-state index contributed by atoms with van der Waals surface area (Å²) in [7, 11) is 0. The zero-order valence-corrected chi connectivity index (χ0v) is 9.50. The van der Waals surface area contributed by atoms with Gasteiger partial charge in [0.05, 0.1) is 24.4 Å². The number of nitrogens with zero attached hydrogens (tertiary/aromatic N) is 1. The van der Waals surface area contributed by atoms with Gasteiger partial charge in [-0.3, -0.25) is 4.79 Å². The number of nitrogens with two attached hydrogens (primary N) is 1. The summed E-state index contributed by atoms with van der Waals surface area (Å²) >= 11 is 0. The number of rotatable bonds is 2. The van der Waals surface area contributed by atoms with Crippen LogP contribution in [0.3, 0.4) is 0 Å². The maximum atomic E-state index is 11.6. The molecule has 0 aliphatic carbocycles. The maximum absolute atomic E-state index is 11.6. The van der Waals surface area contributed by atoms with Crippen LogP contribution in [0.1, 0.15) is 6.42 Å². The molecule has 0 aromatic carbocycles. The van der Waals surface area contributed by atoms with Crippen molar-refractivity contribution in [3.63, 3.8) is 0 Å². The van der Waals surface area contributed by atoms with Crippen molar-refractivity contribution in [2.24, 2.45) is 5.92 Å². The third kappa shape index (κ3) is 3.08. The summed E-state index contributed by atoms with van der Waals surface area (Å²) in [6, 6.07) is 3.39. The van der Waals surface area contributed by atoms with E-state index in [9.17, 15) is 4.79 Å². The molecule has 16 heavy (non-hydrogen) atoms. The highest BCUT2D eigenvalue weighted by Gasteiger charge is 2.23. The molecule has 0 saturated carbocycles. The number of hydrogen-bond acceptors (Lipinski definition) is 4. The smallest absolute Gasteiger partial charge is 0.229 e. The van der Waals surface area contributed by atoms with E-state index < -0.39 is 0 Å². The minimum atomic E-state index is -0.0393. The van der Waals surface area contributed by atoms with Crippen molar-refractivity contribution >= 4 is 29.8 Å². The van der Waals surface area contributed by atoms with E-state index in [1.54, 1.807) is 18.3 Å². The number of halogens is 1. The molecule has 1 fully saturated rings. The van der Waals surface area contributed by atoms with Gasteiger partial charge in [-0.15, -0.1) is 12.4 Å². The lowest BCUT2D eigenvalue weighted by Crippen LogP contribution is -2.22. The van der Waals surface area contributed by atoms with Gasteiger partial charge >= 0.3 is 0 Å². The molecule has 1 atom stereocenters. The fourth-order valence-electron chi connectivity index (χ4n) is 1.46. The molecule has 1 aromatic rings. The fourth-order valence-corrected chi connectivity index (χ4v) is 1.46. The molecule has 88 valence electrons. The van der Waals surface area contributed by atoms with Gasteiger partial charge < -0.3 is 15.8 Å². The van der Waals surface area contributed by atoms with E-state index in [1.165, 1.54) is 0 Å². The lowest BCUT2D eigenvalue weighted by Gasteiger charge is -2.08. The van der Waals surface area contributed by atoms with Gasteiger partial charge in [-0.05, 0) is 18.6 Å². The second-order valence-corrected chi connectivity index (χ2v) is 3.52. The van der Waals surface area contributed by atoms with Crippen molar-refractivity contribution in [3.8, 4) is 0 Å². The Labute approximate surface area is 99.8 Å². The molecule has 5 nitrogen and oxygen atoms in total. The first-order chi connectivity index (χ1) is 7.25. The van der Waals surface area contributed by atoms with Crippen LogP contribution in [0.4, 0.5) is 11.5 Å². The van der Waals surface area contributed by atoms with Crippen molar-refractivity contribution in [1.82, 2.24) is 4.98 Å². The molecule has 1 aliphatic heterocycles. The van der Waals surface area contributed by atoms with E-state index in [0.29, 0.717) is 24.7 Å². The van der Waals surface area contributed by atoms with Crippen LogP contribution >= 0.6 is 12.4 Å². The summed E-state index contributed by atoms with van der Waals surface area (Å²) in [5, 5.41) is 2.77. The molecule has 1 amide bonds. The quantitative estimate of drug-likeness (QED) is 0.814. The first-order valence-electron chi connectivity index (χ1n) is 4.86. The van der Waals surface area contributed by atoms with Crippen LogP contribution in [-0.4, -0.2) is 24.1 Å². The molecule has 0 spiro atoms. The minimum absolute atomic E-state index is 0. The zero-order chi connectivity index (χ0) is 10.7. The largest absolute Gasteiger partial charge is 0.384 e. The minimum Gasteiger partial charge on any atom is -0.384 e.